The molecule has 7 heavy (non-hydrogen) atoms. The number of hydrogen-bond donors (Lipinski definition) is 1. The molecule has 0 atom stereocenters. The largest absolute Gasteiger partial charge is 0.481 e. The summed E-state index contributed by atoms with van der Waals surface area (Å²) in [5.41, 5.74) is 0.942. The third-order valence-corrected chi connectivity index (χ3v) is 0.717. The van der Waals surface area contributed by atoms with Crippen LogP contribution in [0.3, 0.4) is 0 Å². The molecule has 2 nitrogen and oxygen atoms in total. The zero-order chi connectivity index (χ0) is 5.28. The Labute approximate surface area is 41.4 Å². The number of hydrogen-bond acceptors (Lipinski definition) is 2. The van der Waals surface area contributed by atoms with Gasteiger partial charge in [0.2, 0.25) is 0 Å². The van der Waals surface area contributed by atoms with E-state index in [2.05, 4.69) is 4.42 Å². The molecule has 0 aliphatic carbocycles. The number of aromatic hydroxyl groups is 1. The first kappa shape index (κ1) is 4.24. The van der Waals surface area contributed by atoms with E-state index in [0.29, 0.717) is 0 Å². The molecule has 0 amide bonds. The molecular formula is C5H6O2. The SMILES string of the molecule is Cc1coc(O)c1. The van der Waals surface area contributed by atoms with Crippen molar-refractivity contribution in [2.75, 3.05) is 0 Å². The Morgan fingerprint density at radius 2 is 2.43 bits per heavy atom. The molecule has 0 saturated heterocycles. The molecule has 1 heterocycles. The van der Waals surface area contributed by atoms with E-state index >= 15 is 0 Å². The van der Waals surface area contributed by atoms with Crippen molar-refractivity contribution in [1.29, 1.82) is 0 Å². The smallest absolute Gasteiger partial charge is 0.281 e. The van der Waals surface area contributed by atoms with Crippen LogP contribution < -0.4 is 0 Å². The van der Waals surface area contributed by atoms with Crippen molar-refractivity contribution in [3.05, 3.63) is 17.9 Å². The van der Waals surface area contributed by atoms with Gasteiger partial charge in [-0.3, -0.25) is 0 Å². The fourth-order valence-electron chi connectivity index (χ4n) is 0.416. The molecule has 0 aliphatic heterocycles. The van der Waals surface area contributed by atoms with Gasteiger partial charge in [-0.25, -0.2) is 0 Å². The highest BCUT2D eigenvalue weighted by Crippen LogP contribution is 2.10. The summed E-state index contributed by atoms with van der Waals surface area (Å²) in [5.74, 6) is -0.0162. The fraction of sp³-hybridized carbons (Fsp3) is 0.200. The predicted octanol–water partition coefficient (Wildman–Crippen LogP) is 1.29. The Bertz CT molecular complexity index is 138. The average molecular weight is 98.1 g/mol. The first-order valence-electron chi connectivity index (χ1n) is 2.03. The molecule has 0 aliphatic rings. The molecule has 1 aromatic rings. The lowest BCUT2D eigenvalue weighted by molar-refractivity contribution is 0.332. The van der Waals surface area contributed by atoms with Crippen LogP contribution in [-0.4, -0.2) is 5.11 Å². The first-order valence-corrected chi connectivity index (χ1v) is 2.03. The Morgan fingerprint density at radius 3 is 2.57 bits per heavy atom. The van der Waals surface area contributed by atoms with E-state index in [-0.39, 0.29) is 5.95 Å². The molecule has 0 fully saturated rings. The van der Waals surface area contributed by atoms with Crippen LogP contribution >= 0.6 is 0 Å². The minimum Gasteiger partial charge on any atom is -0.481 e. The number of aryl methyl sites for hydroxylation is 1. The van der Waals surface area contributed by atoms with Crippen molar-refractivity contribution in [3.63, 3.8) is 0 Å². The first-order chi connectivity index (χ1) is 3.29. The molecular weight excluding hydrogens is 92.1 g/mol. The summed E-state index contributed by atoms with van der Waals surface area (Å²) >= 11 is 0. The van der Waals surface area contributed by atoms with E-state index in [1.807, 2.05) is 6.92 Å². The topological polar surface area (TPSA) is 33.4 Å². The average Bonchev–Trinajstić information content (AvgIpc) is 1.87. The number of rotatable bonds is 0. The third-order valence-electron chi connectivity index (χ3n) is 0.717. The van der Waals surface area contributed by atoms with Crippen molar-refractivity contribution in [2.24, 2.45) is 0 Å². The quantitative estimate of drug-likeness (QED) is 0.530. The molecule has 1 rings (SSSR count). The molecule has 0 unspecified atom stereocenters. The zero-order valence-electron chi connectivity index (χ0n) is 4.01. The fourth-order valence-corrected chi connectivity index (χ4v) is 0.416. The van der Waals surface area contributed by atoms with Gasteiger partial charge in [-0.15, -0.1) is 0 Å². The van der Waals surface area contributed by atoms with Crippen molar-refractivity contribution in [1.82, 2.24) is 0 Å². The molecule has 2 heteroatoms. The van der Waals surface area contributed by atoms with Crippen LogP contribution in [0, 0.1) is 6.92 Å². The van der Waals surface area contributed by atoms with Gasteiger partial charge in [0, 0.05) is 6.07 Å². The summed E-state index contributed by atoms with van der Waals surface area (Å²) in [4.78, 5) is 0. The van der Waals surface area contributed by atoms with E-state index < -0.39 is 0 Å². The van der Waals surface area contributed by atoms with Crippen LogP contribution in [0.2, 0.25) is 0 Å². The lowest BCUT2D eigenvalue weighted by Crippen LogP contribution is -1.50. The summed E-state index contributed by atoms with van der Waals surface area (Å²) < 4.78 is 4.52. The Morgan fingerprint density at radius 1 is 1.71 bits per heavy atom. The second-order valence-corrected chi connectivity index (χ2v) is 1.46. The van der Waals surface area contributed by atoms with E-state index in [9.17, 15) is 0 Å². The van der Waals surface area contributed by atoms with Crippen LogP contribution in [0.25, 0.3) is 0 Å². The molecule has 38 valence electrons. The van der Waals surface area contributed by atoms with Gasteiger partial charge < -0.3 is 9.52 Å². The van der Waals surface area contributed by atoms with Crippen LogP contribution in [0.15, 0.2) is 16.7 Å². The van der Waals surface area contributed by atoms with Gasteiger partial charge >= 0.3 is 0 Å². The predicted molar refractivity (Wildman–Crippen MR) is 25.1 cm³/mol. The maximum atomic E-state index is 8.49. The van der Waals surface area contributed by atoms with E-state index in [0.717, 1.165) is 5.56 Å². The van der Waals surface area contributed by atoms with Crippen molar-refractivity contribution in [2.45, 2.75) is 6.92 Å². The highest BCUT2D eigenvalue weighted by molar-refractivity contribution is 5.12. The highest BCUT2D eigenvalue weighted by Gasteiger charge is 1.88. The van der Waals surface area contributed by atoms with E-state index in [1.54, 1.807) is 6.07 Å². The minimum atomic E-state index is -0.0162. The third kappa shape index (κ3) is 0.738. The molecule has 1 N–H and O–H groups in total. The van der Waals surface area contributed by atoms with Crippen molar-refractivity contribution >= 4 is 0 Å². The lowest BCUT2D eigenvalue weighted by Gasteiger charge is -1.69. The van der Waals surface area contributed by atoms with Crippen LogP contribution in [0.5, 0.6) is 5.95 Å². The Balaban J connectivity index is 3.04. The molecule has 0 radical (unpaired) electrons. The van der Waals surface area contributed by atoms with Crippen LogP contribution in [0.1, 0.15) is 5.56 Å². The molecule has 0 bridgehead atoms. The molecule has 1 aromatic heterocycles. The Hall–Kier alpha value is -0.920. The van der Waals surface area contributed by atoms with Gasteiger partial charge in [0.05, 0.1) is 6.26 Å². The van der Waals surface area contributed by atoms with Gasteiger partial charge in [-0.05, 0) is 12.5 Å². The lowest BCUT2D eigenvalue weighted by atomic mass is 10.4. The monoisotopic (exact) mass is 98.0 g/mol. The molecule has 0 saturated carbocycles. The van der Waals surface area contributed by atoms with Gasteiger partial charge in [-0.2, -0.15) is 0 Å². The van der Waals surface area contributed by atoms with Crippen LogP contribution in [-0.2, 0) is 0 Å². The van der Waals surface area contributed by atoms with Gasteiger partial charge in [0.25, 0.3) is 5.95 Å². The Kier molecular flexibility index (Phi) is 0.785. The summed E-state index contributed by atoms with van der Waals surface area (Å²) in [7, 11) is 0. The maximum absolute atomic E-state index is 8.49. The second-order valence-electron chi connectivity index (χ2n) is 1.46. The summed E-state index contributed by atoms with van der Waals surface area (Å²) in [6, 6.07) is 1.56. The van der Waals surface area contributed by atoms with E-state index in [4.69, 9.17) is 5.11 Å². The minimum absolute atomic E-state index is 0.0162. The van der Waals surface area contributed by atoms with Gasteiger partial charge in [-0.1, -0.05) is 0 Å². The summed E-state index contributed by atoms with van der Waals surface area (Å²) in [6.07, 6.45) is 1.50. The zero-order valence-corrected chi connectivity index (χ0v) is 4.01. The summed E-state index contributed by atoms with van der Waals surface area (Å²) in [5, 5.41) is 8.49. The normalized spacial score (nSPS) is 9.29. The molecule has 0 aromatic carbocycles. The number of furan rings is 1. The second kappa shape index (κ2) is 1.30. The molecule has 0 spiro atoms. The van der Waals surface area contributed by atoms with E-state index in [1.165, 1.54) is 6.26 Å². The van der Waals surface area contributed by atoms with Gasteiger partial charge in [0.1, 0.15) is 0 Å². The van der Waals surface area contributed by atoms with Crippen LogP contribution in [0.4, 0.5) is 0 Å². The summed E-state index contributed by atoms with van der Waals surface area (Å²) in [6.45, 7) is 1.85. The van der Waals surface area contributed by atoms with Crippen molar-refractivity contribution < 1.29 is 9.52 Å². The maximum Gasteiger partial charge on any atom is 0.281 e. The van der Waals surface area contributed by atoms with Crippen molar-refractivity contribution in [3.8, 4) is 5.95 Å². The van der Waals surface area contributed by atoms with Gasteiger partial charge in [0.15, 0.2) is 0 Å². The standard InChI is InChI=1S/C5H6O2/c1-4-2-5(6)7-3-4/h2-3,6H,1H3. The highest BCUT2D eigenvalue weighted by atomic mass is 16.5.